The van der Waals surface area contributed by atoms with Crippen molar-refractivity contribution in [1.82, 2.24) is 26.7 Å². The van der Waals surface area contributed by atoms with E-state index in [1.54, 1.807) is 0 Å². The lowest BCUT2D eigenvalue weighted by Crippen LogP contribution is -2.41. The molecule has 0 unspecified atom stereocenters. The quantitative estimate of drug-likeness (QED) is 0.0331. The molecule has 1 atom stereocenters. The standard InChI is InChI=1S/C45H68N6O17/c46-12-17-59-21-25-63-31-41(53)49-15-19-61-24-28-66-33-43(55)68-50-16-20-62-23-27-65-32-42(54)48-14-18-60-22-26-64-30-40(52)47-13-6-5-11-39(44(56)57)51-45(58)67-29-38-36-9-3-1-7-34(36)35-8-2-4-10-37(35)38/h1-4,7-10,38-39,50H,5-6,11-33,46H2,(H,47,52)(H,48,54)(H,49,53)(H,51,58)(H,56,57)/t39-/m0/s1. The number of nitrogens with one attached hydrogen (secondary N) is 5. The Morgan fingerprint density at radius 1 is 0.544 bits per heavy atom. The summed E-state index contributed by atoms with van der Waals surface area (Å²) in [5, 5.41) is 20.1. The van der Waals surface area contributed by atoms with Crippen LogP contribution in [0, 0.1) is 0 Å². The maximum atomic E-state index is 12.6. The van der Waals surface area contributed by atoms with Crippen LogP contribution in [0.3, 0.4) is 0 Å². The lowest BCUT2D eigenvalue weighted by Gasteiger charge is -2.17. The summed E-state index contributed by atoms with van der Waals surface area (Å²) >= 11 is 0. The maximum absolute atomic E-state index is 12.6. The fourth-order valence-corrected chi connectivity index (χ4v) is 6.31. The van der Waals surface area contributed by atoms with Crippen molar-refractivity contribution in [2.24, 2.45) is 5.73 Å². The van der Waals surface area contributed by atoms with Crippen LogP contribution in [-0.4, -0.2) is 192 Å². The molecule has 2 aromatic rings. The number of carbonyl (C=O) groups is 6. The summed E-state index contributed by atoms with van der Waals surface area (Å²) in [4.78, 5) is 76.6. The number of unbranched alkanes of at least 4 members (excludes halogenated alkanes) is 1. The Morgan fingerprint density at radius 3 is 1.51 bits per heavy atom. The molecule has 0 saturated carbocycles. The van der Waals surface area contributed by atoms with Crippen molar-refractivity contribution < 1.29 is 81.3 Å². The van der Waals surface area contributed by atoms with Gasteiger partial charge in [0.15, 0.2) is 0 Å². The molecule has 0 heterocycles. The van der Waals surface area contributed by atoms with Crippen molar-refractivity contribution in [1.29, 1.82) is 0 Å². The van der Waals surface area contributed by atoms with Crippen molar-refractivity contribution in [3.05, 3.63) is 59.7 Å². The molecule has 0 fully saturated rings. The number of aliphatic carboxylic acids is 1. The largest absolute Gasteiger partial charge is 0.480 e. The molecule has 0 saturated heterocycles. The molecule has 0 bridgehead atoms. The van der Waals surface area contributed by atoms with Gasteiger partial charge in [-0.05, 0) is 41.5 Å². The minimum Gasteiger partial charge on any atom is -0.480 e. The van der Waals surface area contributed by atoms with E-state index in [1.807, 2.05) is 48.5 Å². The highest BCUT2D eigenvalue weighted by Gasteiger charge is 2.29. The second-order valence-electron chi connectivity index (χ2n) is 14.7. The Bertz CT molecular complexity index is 1730. The third-order valence-electron chi connectivity index (χ3n) is 9.52. The average molecular weight is 965 g/mol. The van der Waals surface area contributed by atoms with Crippen LogP contribution >= 0.6 is 0 Å². The van der Waals surface area contributed by atoms with Crippen LogP contribution in [0.4, 0.5) is 4.79 Å². The second-order valence-corrected chi connectivity index (χ2v) is 14.7. The average Bonchev–Trinajstić information content (AvgIpc) is 3.65. The van der Waals surface area contributed by atoms with E-state index in [1.165, 1.54) is 0 Å². The Labute approximate surface area is 395 Å². The van der Waals surface area contributed by atoms with Gasteiger partial charge >= 0.3 is 18.0 Å². The number of hydrogen-bond donors (Lipinski definition) is 7. The topological polar surface area (TPSA) is 301 Å². The van der Waals surface area contributed by atoms with E-state index in [0.29, 0.717) is 52.3 Å². The molecule has 2 aromatic carbocycles. The number of carboxylic acid groups (broad SMARTS) is 1. The van der Waals surface area contributed by atoms with E-state index in [0.717, 1.165) is 22.3 Å². The zero-order chi connectivity index (χ0) is 48.9. The summed E-state index contributed by atoms with van der Waals surface area (Å²) in [6.45, 7) is 3.84. The van der Waals surface area contributed by atoms with Gasteiger partial charge in [-0.2, -0.15) is 5.48 Å². The first-order valence-corrected chi connectivity index (χ1v) is 22.6. The first kappa shape index (κ1) is 57.0. The predicted octanol–water partition coefficient (Wildman–Crippen LogP) is -0.364. The lowest BCUT2D eigenvalue weighted by molar-refractivity contribution is -0.157. The number of hydroxylamine groups is 1. The molecule has 4 amide bonds. The molecule has 68 heavy (non-hydrogen) atoms. The van der Waals surface area contributed by atoms with Gasteiger partial charge in [-0.15, -0.1) is 0 Å². The highest BCUT2D eigenvalue weighted by Crippen LogP contribution is 2.44. The molecule has 0 aliphatic heterocycles. The maximum Gasteiger partial charge on any atom is 0.407 e. The van der Waals surface area contributed by atoms with Crippen molar-refractivity contribution in [2.45, 2.75) is 31.2 Å². The third-order valence-corrected chi connectivity index (χ3v) is 9.52. The normalized spacial score (nSPS) is 12.1. The summed E-state index contributed by atoms with van der Waals surface area (Å²) < 4.78 is 47.6. The van der Waals surface area contributed by atoms with Crippen molar-refractivity contribution in [2.75, 3.05) is 145 Å². The summed E-state index contributed by atoms with van der Waals surface area (Å²) in [5.41, 5.74) is 12.1. The molecule has 0 spiro atoms. The molecule has 1 aliphatic rings. The molecule has 0 aromatic heterocycles. The van der Waals surface area contributed by atoms with Gasteiger partial charge in [-0.1, -0.05) is 48.5 Å². The minimum atomic E-state index is -1.18. The number of fused-ring (bicyclic) bond motifs is 3. The van der Waals surface area contributed by atoms with Gasteiger partial charge in [-0.25, -0.2) is 14.4 Å². The highest BCUT2D eigenvalue weighted by molar-refractivity contribution is 5.81. The van der Waals surface area contributed by atoms with Crippen LogP contribution in [0.2, 0.25) is 0 Å². The van der Waals surface area contributed by atoms with Crippen molar-refractivity contribution >= 4 is 35.8 Å². The number of amides is 4. The van der Waals surface area contributed by atoms with Gasteiger partial charge in [0.05, 0.1) is 85.8 Å². The Morgan fingerprint density at radius 2 is 1.00 bits per heavy atom. The molecule has 0 radical (unpaired) electrons. The van der Waals surface area contributed by atoms with Crippen LogP contribution in [0.5, 0.6) is 0 Å². The van der Waals surface area contributed by atoms with Crippen molar-refractivity contribution in [3.63, 3.8) is 0 Å². The number of rotatable bonds is 41. The Hall–Kier alpha value is -5.34. The number of benzene rings is 2. The summed E-state index contributed by atoms with van der Waals surface area (Å²) in [7, 11) is 0. The number of alkyl carbamates (subject to hydrolysis) is 1. The van der Waals surface area contributed by atoms with Crippen LogP contribution in [0.1, 0.15) is 36.3 Å². The molecular formula is C45H68N6O17. The van der Waals surface area contributed by atoms with E-state index < -0.39 is 24.1 Å². The van der Waals surface area contributed by atoms with E-state index in [4.69, 9.17) is 53.2 Å². The number of hydrogen-bond acceptors (Lipinski definition) is 18. The Kier molecular flexibility index (Phi) is 30.7. The van der Waals surface area contributed by atoms with Gasteiger partial charge < -0.3 is 79.6 Å². The summed E-state index contributed by atoms with van der Waals surface area (Å²) in [6, 6.07) is 14.7. The third kappa shape index (κ3) is 25.7. The molecule has 380 valence electrons. The molecular weight excluding hydrogens is 897 g/mol. The van der Waals surface area contributed by atoms with E-state index in [-0.39, 0.29) is 136 Å². The van der Waals surface area contributed by atoms with Crippen LogP contribution in [0.25, 0.3) is 11.1 Å². The number of nitrogens with two attached hydrogens (primary N) is 1. The molecule has 3 rings (SSSR count). The molecule has 8 N–H and O–H groups in total. The van der Waals surface area contributed by atoms with Gasteiger partial charge in [0.25, 0.3) is 0 Å². The van der Waals surface area contributed by atoms with Gasteiger partial charge in [0.1, 0.15) is 39.1 Å². The van der Waals surface area contributed by atoms with Gasteiger partial charge in [-0.3, -0.25) is 14.4 Å². The predicted molar refractivity (Wildman–Crippen MR) is 242 cm³/mol. The van der Waals surface area contributed by atoms with E-state index >= 15 is 0 Å². The molecule has 1 aliphatic carbocycles. The Balaban J connectivity index is 1.03. The zero-order valence-electron chi connectivity index (χ0n) is 38.5. The number of carboxylic acids is 1. The fraction of sp³-hybridized carbons (Fsp3) is 0.600. The van der Waals surface area contributed by atoms with Crippen molar-refractivity contribution in [3.8, 4) is 11.1 Å². The summed E-state index contributed by atoms with van der Waals surface area (Å²) in [5.74, 6) is -2.88. The van der Waals surface area contributed by atoms with Gasteiger partial charge in [0, 0.05) is 32.1 Å². The van der Waals surface area contributed by atoms with Crippen LogP contribution < -0.4 is 32.5 Å². The van der Waals surface area contributed by atoms with Crippen LogP contribution in [-0.2, 0) is 71.4 Å². The fourth-order valence-electron chi connectivity index (χ4n) is 6.31. The highest BCUT2D eigenvalue weighted by atomic mass is 16.7. The van der Waals surface area contributed by atoms with Gasteiger partial charge in [0.2, 0.25) is 17.7 Å². The first-order valence-electron chi connectivity index (χ1n) is 22.6. The van der Waals surface area contributed by atoms with E-state index in [9.17, 15) is 33.9 Å². The summed E-state index contributed by atoms with van der Waals surface area (Å²) in [6.07, 6.45) is 0.278. The first-order chi connectivity index (χ1) is 33.2. The molecule has 23 nitrogen and oxygen atoms in total. The number of carbonyl (C=O) groups excluding carboxylic acids is 5. The lowest BCUT2D eigenvalue weighted by atomic mass is 9.98. The zero-order valence-corrected chi connectivity index (χ0v) is 38.5. The monoisotopic (exact) mass is 964 g/mol. The minimum absolute atomic E-state index is 0.0738. The SMILES string of the molecule is NCCOCCOCC(=O)NCCOCCOCC(=O)ONCCOCCOCC(=O)NCCOCCOCC(=O)NCCCC[C@H](NC(=O)OCC1c2ccccc2-c2ccccc21)C(=O)O. The van der Waals surface area contributed by atoms with Crippen LogP contribution in [0.15, 0.2) is 48.5 Å². The smallest absolute Gasteiger partial charge is 0.407 e. The molecule has 23 heteroatoms. The number of ether oxygens (including phenoxy) is 9. The second kappa shape index (κ2) is 36.7. The van der Waals surface area contributed by atoms with E-state index in [2.05, 4.69) is 26.7 Å².